The maximum atomic E-state index is 3.90. The van der Waals surface area contributed by atoms with Crippen molar-refractivity contribution >= 4 is 0 Å². The molecule has 0 spiro atoms. The van der Waals surface area contributed by atoms with Gasteiger partial charge in [-0.3, -0.25) is 0 Å². The SMILES string of the molecule is Cc1cccccccnn1. The quantitative estimate of drug-likeness (QED) is 0.558. The molecule has 1 aromatic rings. The third-order valence-electron chi connectivity index (χ3n) is 1.15. The van der Waals surface area contributed by atoms with E-state index < -0.39 is 0 Å². The third kappa shape index (κ3) is 3.30. The van der Waals surface area contributed by atoms with Gasteiger partial charge in [0.1, 0.15) is 0 Å². The van der Waals surface area contributed by atoms with E-state index in [2.05, 4.69) is 10.2 Å². The molecule has 0 aliphatic rings. The second kappa shape index (κ2) is 4.39. The molecule has 0 aliphatic carbocycles. The van der Waals surface area contributed by atoms with Crippen LogP contribution >= 0.6 is 0 Å². The minimum absolute atomic E-state index is 0.904. The molecule has 1 heterocycles. The fourth-order valence-electron chi connectivity index (χ4n) is 0.633. The van der Waals surface area contributed by atoms with Gasteiger partial charge in [-0.2, -0.15) is 10.2 Å². The van der Waals surface area contributed by atoms with Crippen molar-refractivity contribution in [3.63, 3.8) is 0 Å². The molecule has 2 nitrogen and oxygen atoms in total. The molecule has 0 saturated carbocycles. The number of hydrogen-bond acceptors (Lipinski definition) is 2. The van der Waals surface area contributed by atoms with Crippen LogP contribution in [-0.2, 0) is 0 Å². The molecule has 0 N–H and O–H groups in total. The van der Waals surface area contributed by atoms with Crippen LogP contribution in [0.15, 0.2) is 42.6 Å². The molecular formula is C9H10N2. The van der Waals surface area contributed by atoms with Gasteiger partial charge in [0.05, 0.1) is 5.69 Å². The lowest BCUT2D eigenvalue weighted by Crippen LogP contribution is -1.76. The summed E-state index contributed by atoms with van der Waals surface area (Å²) in [6.07, 6.45) is 1.66. The van der Waals surface area contributed by atoms with Crippen LogP contribution in [-0.4, -0.2) is 10.2 Å². The lowest BCUT2D eigenvalue weighted by atomic mass is 10.4. The molecule has 0 aromatic carbocycles. The minimum Gasteiger partial charge on any atom is -0.159 e. The maximum Gasteiger partial charge on any atom is 0.0599 e. The standard InChI is InChI=1S/C9H10N2/c1-9-7-5-3-2-4-6-8-10-11-9/h2-8H,1H3. The van der Waals surface area contributed by atoms with Gasteiger partial charge in [-0.1, -0.05) is 24.3 Å². The van der Waals surface area contributed by atoms with Gasteiger partial charge >= 0.3 is 0 Å². The van der Waals surface area contributed by atoms with Gasteiger partial charge in [0.2, 0.25) is 0 Å². The molecule has 0 atom stereocenters. The van der Waals surface area contributed by atoms with Crippen molar-refractivity contribution in [2.75, 3.05) is 0 Å². The number of aromatic nitrogens is 2. The Hall–Kier alpha value is -1.44. The summed E-state index contributed by atoms with van der Waals surface area (Å²) in [5.41, 5.74) is 0.904. The zero-order valence-corrected chi connectivity index (χ0v) is 6.44. The van der Waals surface area contributed by atoms with E-state index in [0.29, 0.717) is 0 Å². The van der Waals surface area contributed by atoms with Gasteiger partial charge < -0.3 is 0 Å². The molecule has 0 bridgehead atoms. The summed E-state index contributed by atoms with van der Waals surface area (Å²) in [5, 5.41) is 7.70. The van der Waals surface area contributed by atoms with E-state index in [0.717, 1.165) is 5.69 Å². The highest BCUT2D eigenvalue weighted by Gasteiger charge is 1.72. The second-order valence-electron chi connectivity index (χ2n) is 2.13. The fourth-order valence-corrected chi connectivity index (χ4v) is 0.633. The molecule has 0 unspecified atom stereocenters. The molecule has 56 valence electrons. The third-order valence-corrected chi connectivity index (χ3v) is 1.15. The Bertz CT molecular complexity index is 245. The number of hydrogen-bond donors (Lipinski definition) is 0. The van der Waals surface area contributed by atoms with Crippen LogP contribution in [0.25, 0.3) is 0 Å². The number of aryl methyl sites for hydroxylation is 1. The topological polar surface area (TPSA) is 25.8 Å². The van der Waals surface area contributed by atoms with Crippen LogP contribution < -0.4 is 0 Å². The monoisotopic (exact) mass is 146 g/mol. The fraction of sp³-hybridized carbons (Fsp3) is 0.111. The molecule has 2 heteroatoms. The smallest absolute Gasteiger partial charge is 0.0599 e. The minimum atomic E-state index is 0.904. The molecule has 0 radical (unpaired) electrons. The van der Waals surface area contributed by atoms with Gasteiger partial charge in [0.25, 0.3) is 0 Å². The largest absolute Gasteiger partial charge is 0.159 e. The maximum absolute atomic E-state index is 3.90. The molecule has 0 amide bonds. The van der Waals surface area contributed by atoms with Gasteiger partial charge in [0.15, 0.2) is 0 Å². The Morgan fingerprint density at radius 3 is 2.64 bits per heavy atom. The first-order valence-electron chi connectivity index (χ1n) is 3.47. The van der Waals surface area contributed by atoms with Crippen LogP contribution in [0.5, 0.6) is 0 Å². The Morgan fingerprint density at radius 1 is 1.00 bits per heavy atom. The second-order valence-corrected chi connectivity index (χ2v) is 2.13. The Labute approximate surface area is 66.2 Å². The highest BCUT2D eigenvalue weighted by molar-refractivity contribution is 4.98. The van der Waals surface area contributed by atoms with Crippen LogP contribution in [0.1, 0.15) is 5.69 Å². The first kappa shape index (κ1) is 7.66. The van der Waals surface area contributed by atoms with Crippen LogP contribution in [0, 0.1) is 6.92 Å². The molecule has 0 aliphatic heterocycles. The van der Waals surface area contributed by atoms with Crippen LogP contribution in [0.3, 0.4) is 0 Å². The van der Waals surface area contributed by atoms with Crippen molar-refractivity contribution in [3.05, 3.63) is 48.3 Å². The lowest BCUT2D eigenvalue weighted by molar-refractivity contribution is 0.997. The molecular weight excluding hydrogens is 136 g/mol. The molecule has 1 rings (SSSR count). The highest BCUT2D eigenvalue weighted by Crippen LogP contribution is 1.82. The van der Waals surface area contributed by atoms with Gasteiger partial charge in [0, 0.05) is 6.20 Å². The van der Waals surface area contributed by atoms with Gasteiger partial charge in [-0.15, -0.1) is 0 Å². The summed E-state index contributed by atoms with van der Waals surface area (Å²) in [6.45, 7) is 1.91. The predicted octanol–water partition coefficient (Wildman–Crippen LogP) is 1.91. The molecule has 0 saturated heterocycles. The summed E-state index contributed by atoms with van der Waals surface area (Å²) in [7, 11) is 0. The van der Waals surface area contributed by atoms with Crippen molar-refractivity contribution in [3.8, 4) is 0 Å². The van der Waals surface area contributed by atoms with Crippen molar-refractivity contribution in [1.29, 1.82) is 0 Å². The van der Waals surface area contributed by atoms with E-state index in [-0.39, 0.29) is 0 Å². The normalized spacial score (nSPS) is 8.45. The summed E-state index contributed by atoms with van der Waals surface area (Å²) in [4.78, 5) is 0. The van der Waals surface area contributed by atoms with Crippen molar-refractivity contribution < 1.29 is 0 Å². The Kier molecular flexibility index (Phi) is 3.06. The van der Waals surface area contributed by atoms with Gasteiger partial charge in [-0.05, 0) is 19.1 Å². The number of nitrogens with zero attached hydrogens (tertiary/aromatic N) is 2. The average molecular weight is 146 g/mol. The zero-order valence-electron chi connectivity index (χ0n) is 6.44. The molecule has 0 fully saturated rings. The van der Waals surface area contributed by atoms with Crippen molar-refractivity contribution in [1.82, 2.24) is 10.2 Å². The van der Waals surface area contributed by atoms with E-state index in [1.165, 1.54) is 0 Å². The van der Waals surface area contributed by atoms with E-state index in [1.807, 2.05) is 43.3 Å². The lowest BCUT2D eigenvalue weighted by Gasteiger charge is -1.78. The van der Waals surface area contributed by atoms with E-state index in [1.54, 1.807) is 6.20 Å². The van der Waals surface area contributed by atoms with Crippen molar-refractivity contribution in [2.45, 2.75) is 6.92 Å². The highest BCUT2D eigenvalue weighted by atomic mass is 15.1. The van der Waals surface area contributed by atoms with Crippen molar-refractivity contribution in [2.24, 2.45) is 0 Å². The van der Waals surface area contributed by atoms with Crippen LogP contribution in [0.4, 0.5) is 0 Å². The first-order chi connectivity index (χ1) is 5.39. The summed E-state index contributed by atoms with van der Waals surface area (Å²) in [6, 6.07) is 11.5. The summed E-state index contributed by atoms with van der Waals surface area (Å²) in [5.74, 6) is 0. The zero-order chi connectivity index (χ0) is 7.94. The van der Waals surface area contributed by atoms with Crippen LogP contribution in [0.2, 0.25) is 0 Å². The summed E-state index contributed by atoms with van der Waals surface area (Å²) >= 11 is 0. The first-order valence-corrected chi connectivity index (χ1v) is 3.47. The predicted molar refractivity (Wildman–Crippen MR) is 44.4 cm³/mol. The van der Waals surface area contributed by atoms with E-state index in [4.69, 9.17) is 0 Å². The van der Waals surface area contributed by atoms with E-state index in [9.17, 15) is 0 Å². The Balaban J connectivity index is 3.11. The Morgan fingerprint density at radius 2 is 1.73 bits per heavy atom. The van der Waals surface area contributed by atoms with Gasteiger partial charge in [-0.25, -0.2) is 0 Å². The average Bonchev–Trinajstić information content (AvgIpc) is 2.03. The number of rotatable bonds is 0. The molecule has 1 aromatic heterocycles. The van der Waals surface area contributed by atoms with E-state index >= 15 is 0 Å². The molecule has 11 heavy (non-hydrogen) atoms. The summed E-state index contributed by atoms with van der Waals surface area (Å²) < 4.78 is 0.